The summed E-state index contributed by atoms with van der Waals surface area (Å²) in [6.45, 7) is 6.40. The van der Waals surface area contributed by atoms with Gasteiger partial charge in [0.25, 0.3) is 5.91 Å². The van der Waals surface area contributed by atoms with E-state index in [1.54, 1.807) is 0 Å². The number of hydrogen-bond acceptors (Lipinski definition) is 2. The van der Waals surface area contributed by atoms with E-state index in [2.05, 4.69) is 5.32 Å². The number of nitrogens with two attached hydrogens (primary N) is 1. The number of aryl methyl sites for hydroxylation is 3. The lowest BCUT2D eigenvalue weighted by Crippen LogP contribution is -2.14. The molecule has 0 unspecified atom stereocenters. The summed E-state index contributed by atoms with van der Waals surface area (Å²) in [5, 5.41) is 2.97. The number of amides is 1. The fourth-order valence-corrected chi connectivity index (χ4v) is 2.19. The van der Waals surface area contributed by atoms with E-state index in [4.69, 9.17) is 5.73 Å². The van der Waals surface area contributed by atoms with Gasteiger partial charge in [-0.3, -0.25) is 4.79 Å². The minimum absolute atomic E-state index is 0.0835. The van der Waals surface area contributed by atoms with Gasteiger partial charge < -0.3 is 11.1 Å². The van der Waals surface area contributed by atoms with E-state index in [-0.39, 0.29) is 5.91 Å². The summed E-state index contributed by atoms with van der Waals surface area (Å²) in [7, 11) is 0. The van der Waals surface area contributed by atoms with Gasteiger partial charge in [-0.05, 0) is 49.6 Å². The Bertz CT molecular complexity index is 647. The number of carbonyl (C=O) groups excluding carboxylic acids is 1. The summed E-state index contributed by atoms with van der Waals surface area (Å²) in [4.78, 5) is 12.4. The van der Waals surface area contributed by atoms with Crippen molar-refractivity contribution in [1.82, 2.24) is 0 Å². The van der Waals surface area contributed by atoms with Crippen molar-refractivity contribution in [3.63, 3.8) is 0 Å². The van der Waals surface area contributed by atoms with Crippen molar-refractivity contribution < 1.29 is 4.79 Å². The number of rotatable bonds is 3. The summed E-state index contributed by atoms with van der Waals surface area (Å²) in [5.74, 6) is -0.0835. The van der Waals surface area contributed by atoms with E-state index < -0.39 is 0 Å². The van der Waals surface area contributed by atoms with Crippen LogP contribution >= 0.6 is 0 Å². The predicted molar refractivity (Wildman–Crippen MR) is 82.9 cm³/mol. The molecule has 20 heavy (non-hydrogen) atoms. The number of hydrogen-bond donors (Lipinski definition) is 2. The second kappa shape index (κ2) is 5.88. The molecule has 0 aliphatic carbocycles. The fourth-order valence-electron chi connectivity index (χ4n) is 2.19. The van der Waals surface area contributed by atoms with E-state index in [0.717, 1.165) is 27.9 Å². The van der Waals surface area contributed by atoms with Crippen molar-refractivity contribution in [2.75, 3.05) is 5.32 Å². The van der Waals surface area contributed by atoms with Crippen LogP contribution < -0.4 is 11.1 Å². The Morgan fingerprint density at radius 2 is 1.80 bits per heavy atom. The molecule has 0 bridgehead atoms. The molecule has 1 amide bonds. The maximum Gasteiger partial charge on any atom is 0.255 e. The lowest BCUT2D eigenvalue weighted by atomic mass is 10.0. The topological polar surface area (TPSA) is 55.1 Å². The molecule has 2 aromatic carbocycles. The van der Waals surface area contributed by atoms with E-state index in [1.165, 1.54) is 0 Å². The van der Waals surface area contributed by atoms with Crippen LogP contribution in [0.5, 0.6) is 0 Å². The van der Waals surface area contributed by atoms with Crippen LogP contribution in [-0.2, 0) is 6.54 Å². The van der Waals surface area contributed by atoms with Crippen molar-refractivity contribution in [1.29, 1.82) is 0 Å². The molecule has 0 aliphatic rings. The third kappa shape index (κ3) is 3.06. The molecular formula is C17H20N2O. The number of nitrogens with one attached hydrogen (secondary N) is 1. The van der Waals surface area contributed by atoms with Gasteiger partial charge >= 0.3 is 0 Å². The Morgan fingerprint density at radius 1 is 1.05 bits per heavy atom. The maximum absolute atomic E-state index is 12.4. The average molecular weight is 268 g/mol. The van der Waals surface area contributed by atoms with Gasteiger partial charge in [0, 0.05) is 17.8 Å². The number of carbonyl (C=O) groups is 1. The Hall–Kier alpha value is -2.13. The largest absolute Gasteiger partial charge is 0.326 e. The maximum atomic E-state index is 12.4. The lowest BCUT2D eigenvalue weighted by molar-refractivity contribution is 0.102. The molecule has 104 valence electrons. The normalized spacial score (nSPS) is 10.4. The quantitative estimate of drug-likeness (QED) is 0.897. The first-order valence-corrected chi connectivity index (χ1v) is 6.69. The van der Waals surface area contributed by atoms with Gasteiger partial charge in [-0.15, -0.1) is 0 Å². The van der Waals surface area contributed by atoms with Crippen LogP contribution in [0.15, 0.2) is 36.4 Å². The summed E-state index contributed by atoms with van der Waals surface area (Å²) in [6.07, 6.45) is 0. The Kier molecular flexibility index (Phi) is 4.20. The van der Waals surface area contributed by atoms with Crippen LogP contribution in [0.2, 0.25) is 0 Å². The molecule has 2 aromatic rings. The number of benzene rings is 2. The Morgan fingerprint density at radius 3 is 2.45 bits per heavy atom. The van der Waals surface area contributed by atoms with Gasteiger partial charge in [0.05, 0.1) is 0 Å². The highest BCUT2D eigenvalue weighted by molar-refractivity contribution is 6.05. The van der Waals surface area contributed by atoms with Crippen LogP contribution in [-0.4, -0.2) is 5.91 Å². The van der Waals surface area contributed by atoms with Gasteiger partial charge in [-0.1, -0.05) is 29.8 Å². The second-order valence-corrected chi connectivity index (χ2v) is 5.13. The summed E-state index contributed by atoms with van der Waals surface area (Å²) >= 11 is 0. The van der Waals surface area contributed by atoms with Crippen molar-refractivity contribution in [2.24, 2.45) is 5.73 Å². The molecule has 0 atom stereocenters. The Labute approximate surface area is 119 Å². The van der Waals surface area contributed by atoms with Crippen LogP contribution in [0.25, 0.3) is 0 Å². The zero-order valence-corrected chi connectivity index (χ0v) is 12.2. The molecule has 0 saturated carbocycles. The summed E-state index contributed by atoms with van der Waals surface area (Å²) in [6, 6.07) is 11.7. The van der Waals surface area contributed by atoms with Crippen LogP contribution in [0, 0.1) is 20.8 Å². The van der Waals surface area contributed by atoms with Crippen LogP contribution in [0.4, 0.5) is 5.69 Å². The molecule has 3 nitrogen and oxygen atoms in total. The van der Waals surface area contributed by atoms with E-state index in [0.29, 0.717) is 12.1 Å². The van der Waals surface area contributed by atoms with Gasteiger partial charge in [-0.2, -0.15) is 0 Å². The van der Waals surface area contributed by atoms with Gasteiger partial charge in [0.1, 0.15) is 0 Å². The molecule has 2 rings (SSSR count). The highest BCUT2D eigenvalue weighted by Gasteiger charge is 2.10. The second-order valence-electron chi connectivity index (χ2n) is 5.13. The van der Waals surface area contributed by atoms with Gasteiger partial charge in [0.2, 0.25) is 0 Å². The van der Waals surface area contributed by atoms with Crippen LogP contribution in [0.3, 0.4) is 0 Å². The fraction of sp³-hybridized carbons (Fsp3) is 0.235. The Balaban J connectivity index is 2.27. The first-order valence-electron chi connectivity index (χ1n) is 6.69. The smallest absolute Gasteiger partial charge is 0.255 e. The number of anilines is 1. The molecule has 0 aromatic heterocycles. The van der Waals surface area contributed by atoms with E-state index >= 15 is 0 Å². The third-order valence-electron chi connectivity index (χ3n) is 3.41. The molecule has 0 fully saturated rings. The lowest BCUT2D eigenvalue weighted by Gasteiger charge is -2.12. The first kappa shape index (κ1) is 14.3. The monoisotopic (exact) mass is 268 g/mol. The average Bonchev–Trinajstić information content (AvgIpc) is 2.41. The minimum atomic E-state index is -0.0835. The molecule has 3 heteroatoms. The van der Waals surface area contributed by atoms with Crippen molar-refractivity contribution in [2.45, 2.75) is 27.3 Å². The van der Waals surface area contributed by atoms with Crippen molar-refractivity contribution in [3.8, 4) is 0 Å². The molecular weight excluding hydrogens is 248 g/mol. The first-order chi connectivity index (χ1) is 9.51. The predicted octanol–water partition coefficient (Wildman–Crippen LogP) is 3.32. The minimum Gasteiger partial charge on any atom is -0.326 e. The van der Waals surface area contributed by atoms with Crippen molar-refractivity contribution in [3.05, 3.63) is 64.2 Å². The SMILES string of the molecule is Cc1ccc(C(=O)Nc2cc(CN)ccc2C)c(C)c1. The molecule has 0 radical (unpaired) electrons. The van der Waals surface area contributed by atoms with E-state index in [9.17, 15) is 4.79 Å². The zero-order valence-electron chi connectivity index (χ0n) is 12.2. The highest BCUT2D eigenvalue weighted by atomic mass is 16.1. The van der Waals surface area contributed by atoms with Crippen LogP contribution in [0.1, 0.15) is 32.6 Å². The highest BCUT2D eigenvalue weighted by Crippen LogP contribution is 2.19. The summed E-state index contributed by atoms with van der Waals surface area (Å²) < 4.78 is 0. The molecule has 0 heterocycles. The zero-order chi connectivity index (χ0) is 14.7. The standard InChI is InChI=1S/C17H20N2O/c1-11-4-7-15(13(3)8-11)17(20)19-16-9-14(10-18)6-5-12(16)2/h4-9H,10,18H2,1-3H3,(H,19,20). The molecule has 0 saturated heterocycles. The van der Waals surface area contributed by atoms with Crippen molar-refractivity contribution >= 4 is 11.6 Å². The molecule has 0 aliphatic heterocycles. The van der Waals surface area contributed by atoms with Gasteiger partial charge in [-0.25, -0.2) is 0 Å². The molecule has 0 spiro atoms. The summed E-state index contributed by atoms with van der Waals surface area (Å²) in [5.41, 5.74) is 11.3. The third-order valence-corrected chi connectivity index (χ3v) is 3.41. The van der Waals surface area contributed by atoms with Gasteiger partial charge in [0.15, 0.2) is 0 Å². The van der Waals surface area contributed by atoms with E-state index in [1.807, 2.05) is 57.2 Å². The molecule has 3 N–H and O–H groups in total.